The number of primary sulfonamides is 1. The van der Waals surface area contributed by atoms with Gasteiger partial charge in [0.2, 0.25) is 10.0 Å². The van der Waals surface area contributed by atoms with Crippen LogP contribution in [0.25, 0.3) is 0 Å². The van der Waals surface area contributed by atoms with Gasteiger partial charge in [-0.05, 0) is 36.5 Å². The third kappa shape index (κ3) is 2.69. The molecule has 1 aliphatic rings. The first-order chi connectivity index (χ1) is 8.70. The molecule has 4 N–H and O–H groups in total. The van der Waals surface area contributed by atoms with E-state index in [4.69, 9.17) is 10.9 Å². The molecular formula is C13H21N3O2S. The average molecular weight is 283 g/mol. The van der Waals surface area contributed by atoms with Crippen LogP contribution in [0, 0.1) is 18.8 Å². The van der Waals surface area contributed by atoms with Crippen LogP contribution in [0.4, 0.5) is 11.4 Å². The summed E-state index contributed by atoms with van der Waals surface area (Å²) < 4.78 is 23.2. The minimum atomic E-state index is -3.74. The maximum absolute atomic E-state index is 11.6. The van der Waals surface area contributed by atoms with Gasteiger partial charge in [0.1, 0.15) is 0 Å². The lowest BCUT2D eigenvalue weighted by molar-refractivity contribution is 0.494. The predicted molar refractivity (Wildman–Crippen MR) is 77.5 cm³/mol. The quantitative estimate of drug-likeness (QED) is 0.801. The smallest absolute Gasteiger partial charge is 0.238 e. The van der Waals surface area contributed by atoms with E-state index in [0.29, 0.717) is 23.1 Å². The van der Waals surface area contributed by atoms with E-state index < -0.39 is 10.0 Å². The Labute approximate surface area is 114 Å². The van der Waals surface area contributed by atoms with Crippen molar-refractivity contribution in [2.45, 2.75) is 25.7 Å². The molecule has 0 amide bonds. The number of nitrogen functional groups attached to an aromatic ring is 1. The van der Waals surface area contributed by atoms with Crippen LogP contribution in [-0.4, -0.2) is 21.5 Å². The summed E-state index contributed by atoms with van der Waals surface area (Å²) in [6.07, 6.45) is 0. The molecule has 1 heterocycles. The molecular weight excluding hydrogens is 262 g/mol. The fraction of sp³-hybridized carbons (Fsp3) is 0.538. The zero-order chi connectivity index (χ0) is 14.4. The van der Waals surface area contributed by atoms with Crippen molar-refractivity contribution in [2.75, 3.05) is 23.7 Å². The van der Waals surface area contributed by atoms with Gasteiger partial charge in [0, 0.05) is 24.5 Å². The molecule has 0 saturated carbocycles. The van der Waals surface area contributed by atoms with Gasteiger partial charge in [0.25, 0.3) is 0 Å². The topological polar surface area (TPSA) is 89.4 Å². The van der Waals surface area contributed by atoms with Gasteiger partial charge in [-0.1, -0.05) is 13.8 Å². The number of anilines is 2. The van der Waals surface area contributed by atoms with Crippen LogP contribution in [0.15, 0.2) is 17.0 Å². The molecule has 0 spiro atoms. The van der Waals surface area contributed by atoms with Gasteiger partial charge in [-0.15, -0.1) is 0 Å². The van der Waals surface area contributed by atoms with Crippen LogP contribution in [0.2, 0.25) is 0 Å². The number of rotatable bonds is 2. The fourth-order valence-corrected chi connectivity index (χ4v) is 3.48. The van der Waals surface area contributed by atoms with Crippen molar-refractivity contribution in [2.24, 2.45) is 17.0 Å². The first-order valence-corrected chi connectivity index (χ1v) is 7.92. The highest BCUT2D eigenvalue weighted by molar-refractivity contribution is 7.89. The Morgan fingerprint density at radius 3 is 2.21 bits per heavy atom. The first kappa shape index (κ1) is 14.1. The lowest BCUT2D eigenvalue weighted by atomic mass is 10.0. The Balaban J connectivity index is 2.51. The van der Waals surface area contributed by atoms with Crippen LogP contribution in [0.1, 0.15) is 19.4 Å². The molecule has 2 unspecified atom stereocenters. The third-order valence-corrected chi connectivity index (χ3v) is 5.03. The summed E-state index contributed by atoms with van der Waals surface area (Å²) in [6, 6.07) is 3.26. The van der Waals surface area contributed by atoms with Gasteiger partial charge in [-0.2, -0.15) is 0 Å². The Kier molecular flexibility index (Phi) is 3.49. The van der Waals surface area contributed by atoms with Crippen LogP contribution >= 0.6 is 0 Å². The molecule has 1 saturated heterocycles. The van der Waals surface area contributed by atoms with Gasteiger partial charge in [-0.25, -0.2) is 13.6 Å². The molecule has 1 fully saturated rings. The number of sulfonamides is 1. The van der Waals surface area contributed by atoms with Gasteiger partial charge in [0.15, 0.2) is 0 Å². The van der Waals surface area contributed by atoms with Crippen molar-refractivity contribution < 1.29 is 8.42 Å². The summed E-state index contributed by atoms with van der Waals surface area (Å²) in [5.41, 5.74) is 7.80. The van der Waals surface area contributed by atoms with E-state index in [1.807, 2.05) is 6.07 Å². The molecule has 1 aromatic carbocycles. The summed E-state index contributed by atoms with van der Waals surface area (Å²) in [5.74, 6) is 1.16. The Morgan fingerprint density at radius 2 is 1.74 bits per heavy atom. The maximum atomic E-state index is 11.6. The van der Waals surface area contributed by atoms with Gasteiger partial charge in [0.05, 0.1) is 4.90 Å². The lowest BCUT2D eigenvalue weighted by Gasteiger charge is -2.22. The number of hydrogen-bond donors (Lipinski definition) is 2. The normalized spacial score (nSPS) is 23.9. The minimum Gasteiger partial charge on any atom is -0.399 e. The standard InChI is InChI=1S/C13H21N3O2S/c1-8-6-16(7-9(8)2)12-4-11(14)5-13(10(12)3)19(15,17)18/h4-5,8-9H,6-7,14H2,1-3H3,(H2,15,17,18). The molecule has 5 nitrogen and oxygen atoms in total. The van der Waals surface area contributed by atoms with E-state index in [-0.39, 0.29) is 4.90 Å². The zero-order valence-corrected chi connectivity index (χ0v) is 12.4. The second-order valence-corrected chi connectivity index (χ2v) is 7.10. The maximum Gasteiger partial charge on any atom is 0.238 e. The predicted octanol–water partition coefficient (Wildman–Crippen LogP) is 1.32. The fourth-order valence-electron chi connectivity index (χ4n) is 2.64. The molecule has 1 aromatic rings. The Morgan fingerprint density at radius 1 is 1.21 bits per heavy atom. The molecule has 0 aromatic heterocycles. The zero-order valence-electron chi connectivity index (χ0n) is 11.6. The SMILES string of the molecule is Cc1c(N2CC(C)C(C)C2)cc(N)cc1S(N)(=O)=O. The molecule has 2 rings (SSSR count). The van der Waals surface area contributed by atoms with E-state index in [2.05, 4.69) is 18.7 Å². The number of nitrogens with zero attached hydrogens (tertiary/aromatic N) is 1. The lowest BCUT2D eigenvalue weighted by Crippen LogP contribution is -2.23. The highest BCUT2D eigenvalue weighted by atomic mass is 32.2. The first-order valence-electron chi connectivity index (χ1n) is 6.38. The molecule has 0 radical (unpaired) electrons. The number of nitrogens with two attached hydrogens (primary N) is 2. The monoisotopic (exact) mass is 283 g/mol. The van der Waals surface area contributed by atoms with E-state index in [9.17, 15) is 8.42 Å². The summed E-state index contributed by atoms with van der Waals surface area (Å²) in [7, 11) is -3.74. The molecule has 19 heavy (non-hydrogen) atoms. The molecule has 6 heteroatoms. The summed E-state index contributed by atoms with van der Waals surface area (Å²) in [5, 5.41) is 5.25. The van der Waals surface area contributed by atoms with Crippen LogP contribution in [0.3, 0.4) is 0 Å². The molecule has 0 bridgehead atoms. The number of hydrogen-bond acceptors (Lipinski definition) is 4. The Bertz CT molecular complexity index is 588. The summed E-state index contributed by atoms with van der Waals surface area (Å²) in [6.45, 7) is 8.01. The highest BCUT2D eigenvalue weighted by Gasteiger charge is 2.28. The Hall–Kier alpha value is -1.27. The summed E-state index contributed by atoms with van der Waals surface area (Å²) in [4.78, 5) is 2.31. The molecule has 1 aliphatic heterocycles. The van der Waals surface area contributed by atoms with E-state index >= 15 is 0 Å². The molecule has 2 atom stereocenters. The largest absolute Gasteiger partial charge is 0.399 e. The minimum absolute atomic E-state index is 0.120. The highest BCUT2D eigenvalue weighted by Crippen LogP contribution is 2.34. The van der Waals surface area contributed by atoms with Gasteiger partial charge < -0.3 is 10.6 Å². The van der Waals surface area contributed by atoms with Crippen molar-refractivity contribution in [1.29, 1.82) is 0 Å². The number of benzene rings is 1. The molecule has 106 valence electrons. The van der Waals surface area contributed by atoms with Crippen LogP contribution in [0.5, 0.6) is 0 Å². The van der Waals surface area contributed by atoms with Crippen LogP contribution in [-0.2, 0) is 10.0 Å². The van der Waals surface area contributed by atoms with Gasteiger partial charge >= 0.3 is 0 Å². The van der Waals surface area contributed by atoms with Crippen molar-refractivity contribution in [3.8, 4) is 0 Å². The van der Waals surface area contributed by atoms with Crippen molar-refractivity contribution in [3.05, 3.63) is 17.7 Å². The summed E-state index contributed by atoms with van der Waals surface area (Å²) >= 11 is 0. The molecule has 0 aliphatic carbocycles. The van der Waals surface area contributed by atoms with Crippen molar-refractivity contribution in [3.63, 3.8) is 0 Å². The third-order valence-electron chi connectivity index (χ3n) is 3.99. The second-order valence-electron chi connectivity index (χ2n) is 5.57. The van der Waals surface area contributed by atoms with E-state index in [1.54, 1.807) is 6.92 Å². The second kappa shape index (κ2) is 4.68. The van der Waals surface area contributed by atoms with Crippen LogP contribution < -0.4 is 15.8 Å². The van der Waals surface area contributed by atoms with E-state index in [1.165, 1.54) is 6.07 Å². The van der Waals surface area contributed by atoms with Crippen molar-refractivity contribution >= 4 is 21.4 Å². The van der Waals surface area contributed by atoms with Gasteiger partial charge in [-0.3, -0.25) is 0 Å². The van der Waals surface area contributed by atoms with E-state index in [0.717, 1.165) is 18.8 Å². The van der Waals surface area contributed by atoms with Crippen molar-refractivity contribution in [1.82, 2.24) is 0 Å². The average Bonchev–Trinajstić information content (AvgIpc) is 2.60.